The zero-order valence-electron chi connectivity index (χ0n) is 13.3. The van der Waals surface area contributed by atoms with E-state index in [0.29, 0.717) is 24.0 Å². The molecule has 112 valence electrons. The summed E-state index contributed by atoms with van der Waals surface area (Å²) in [6.07, 6.45) is 7.74. The number of ether oxygens (including phenoxy) is 1. The largest absolute Gasteiger partial charge is 0.492 e. The van der Waals surface area contributed by atoms with Gasteiger partial charge in [-0.05, 0) is 49.3 Å². The Labute approximate surface area is 123 Å². The molecule has 0 aliphatic heterocycles. The van der Waals surface area contributed by atoms with E-state index in [1.54, 1.807) is 6.20 Å². The minimum atomic E-state index is 0.380. The standard InChI is InChI=1S/C17H28N2O/c1-5-19-16(15-8-7-9-17(15,3)4)13-10-14(20-6-2)12-18-11-13/h10-12,15-16,19H,5-9H2,1-4H3. The van der Waals surface area contributed by atoms with E-state index in [9.17, 15) is 0 Å². The first-order valence-electron chi connectivity index (χ1n) is 7.89. The van der Waals surface area contributed by atoms with Crippen LogP contribution >= 0.6 is 0 Å². The maximum absolute atomic E-state index is 5.60. The molecule has 0 spiro atoms. The van der Waals surface area contributed by atoms with Gasteiger partial charge in [0.15, 0.2) is 0 Å². The number of aromatic nitrogens is 1. The van der Waals surface area contributed by atoms with Crippen LogP contribution < -0.4 is 10.1 Å². The van der Waals surface area contributed by atoms with Crippen LogP contribution in [0.15, 0.2) is 18.5 Å². The molecule has 2 atom stereocenters. The summed E-state index contributed by atoms with van der Waals surface area (Å²) >= 11 is 0. The number of nitrogens with one attached hydrogen (secondary N) is 1. The predicted molar refractivity (Wildman–Crippen MR) is 82.9 cm³/mol. The van der Waals surface area contributed by atoms with Gasteiger partial charge in [0.05, 0.1) is 12.8 Å². The van der Waals surface area contributed by atoms with Gasteiger partial charge < -0.3 is 10.1 Å². The molecule has 1 aromatic heterocycles. The molecule has 1 aromatic rings. The van der Waals surface area contributed by atoms with Crippen LogP contribution in [0.1, 0.15) is 58.6 Å². The van der Waals surface area contributed by atoms with Crippen molar-refractivity contribution >= 4 is 0 Å². The van der Waals surface area contributed by atoms with Crippen LogP contribution in [0.2, 0.25) is 0 Å². The van der Waals surface area contributed by atoms with E-state index in [-0.39, 0.29) is 0 Å². The molecule has 2 unspecified atom stereocenters. The zero-order valence-corrected chi connectivity index (χ0v) is 13.3. The Hall–Kier alpha value is -1.09. The third kappa shape index (κ3) is 3.32. The van der Waals surface area contributed by atoms with E-state index in [1.165, 1.54) is 24.8 Å². The van der Waals surface area contributed by atoms with Crippen LogP contribution in [0.5, 0.6) is 5.75 Å². The van der Waals surface area contributed by atoms with Crippen LogP contribution in [-0.2, 0) is 0 Å². The second-order valence-corrected chi connectivity index (χ2v) is 6.41. The fourth-order valence-electron chi connectivity index (χ4n) is 3.54. The summed E-state index contributed by atoms with van der Waals surface area (Å²) in [4.78, 5) is 4.36. The molecular formula is C17H28N2O. The highest BCUT2D eigenvalue weighted by molar-refractivity contribution is 5.27. The first kappa shape index (κ1) is 15.3. The second-order valence-electron chi connectivity index (χ2n) is 6.41. The molecular weight excluding hydrogens is 248 g/mol. The monoisotopic (exact) mass is 276 g/mol. The Morgan fingerprint density at radius 2 is 2.20 bits per heavy atom. The fraction of sp³-hybridized carbons (Fsp3) is 0.706. The summed E-state index contributed by atoms with van der Waals surface area (Å²) in [7, 11) is 0. The third-order valence-electron chi connectivity index (χ3n) is 4.57. The minimum absolute atomic E-state index is 0.380. The molecule has 1 aliphatic rings. The Balaban J connectivity index is 2.26. The highest BCUT2D eigenvalue weighted by atomic mass is 16.5. The summed E-state index contributed by atoms with van der Waals surface area (Å²) in [6, 6.07) is 2.53. The molecule has 1 saturated carbocycles. The van der Waals surface area contributed by atoms with Crippen LogP contribution in [0.3, 0.4) is 0 Å². The molecule has 0 amide bonds. The Morgan fingerprint density at radius 1 is 1.40 bits per heavy atom. The first-order valence-corrected chi connectivity index (χ1v) is 7.89. The lowest BCUT2D eigenvalue weighted by Gasteiger charge is -2.35. The maximum Gasteiger partial charge on any atom is 0.137 e. The Kier molecular flexibility index (Phi) is 5.03. The Morgan fingerprint density at radius 3 is 2.80 bits per heavy atom. The van der Waals surface area contributed by atoms with Gasteiger partial charge in [-0.2, -0.15) is 0 Å². The SMILES string of the molecule is CCNC(c1cncc(OCC)c1)C1CCCC1(C)C. The summed E-state index contributed by atoms with van der Waals surface area (Å²) in [5.41, 5.74) is 1.66. The molecule has 1 aliphatic carbocycles. The number of hydrogen-bond donors (Lipinski definition) is 1. The zero-order chi connectivity index (χ0) is 14.6. The van der Waals surface area contributed by atoms with Gasteiger partial charge in [0.1, 0.15) is 5.75 Å². The summed E-state index contributed by atoms with van der Waals surface area (Å²) in [6.45, 7) is 10.6. The molecule has 0 radical (unpaired) electrons. The quantitative estimate of drug-likeness (QED) is 0.854. The lowest BCUT2D eigenvalue weighted by atomic mass is 9.75. The normalized spacial score (nSPS) is 22.7. The topological polar surface area (TPSA) is 34.2 Å². The molecule has 1 N–H and O–H groups in total. The number of nitrogens with zero attached hydrogens (tertiary/aromatic N) is 1. The molecule has 20 heavy (non-hydrogen) atoms. The third-order valence-corrected chi connectivity index (χ3v) is 4.57. The average molecular weight is 276 g/mol. The van der Waals surface area contributed by atoms with Gasteiger partial charge in [-0.15, -0.1) is 0 Å². The maximum atomic E-state index is 5.60. The minimum Gasteiger partial charge on any atom is -0.492 e. The summed E-state index contributed by atoms with van der Waals surface area (Å²) in [5.74, 6) is 1.55. The van der Waals surface area contributed by atoms with Gasteiger partial charge in [0.25, 0.3) is 0 Å². The van der Waals surface area contributed by atoms with E-state index in [4.69, 9.17) is 4.74 Å². The smallest absolute Gasteiger partial charge is 0.137 e. The van der Waals surface area contributed by atoms with Crippen LogP contribution in [0.4, 0.5) is 0 Å². The van der Waals surface area contributed by atoms with Crippen LogP contribution in [0.25, 0.3) is 0 Å². The van der Waals surface area contributed by atoms with Crippen molar-refractivity contribution in [3.05, 3.63) is 24.0 Å². The molecule has 0 bridgehead atoms. The number of pyridine rings is 1. The lowest BCUT2D eigenvalue weighted by molar-refractivity contribution is 0.198. The van der Waals surface area contributed by atoms with Crippen molar-refractivity contribution in [3.63, 3.8) is 0 Å². The van der Waals surface area contributed by atoms with E-state index in [0.717, 1.165) is 12.3 Å². The van der Waals surface area contributed by atoms with Gasteiger partial charge in [0, 0.05) is 12.2 Å². The number of rotatable bonds is 6. The highest BCUT2D eigenvalue weighted by Crippen LogP contribution is 2.48. The van der Waals surface area contributed by atoms with Crippen LogP contribution in [-0.4, -0.2) is 18.1 Å². The molecule has 3 heteroatoms. The summed E-state index contributed by atoms with van der Waals surface area (Å²) in [5, 5.41) is 3.67. The average Bonchev–Trinajstić information content (AvgIpc) is 2.76. The fourth-order valence-corrected chi connectivity index (χ4v) is 3.54. The van der Waals surface area contributed by atoms with E-state index < -0.39 is 0 Å². The van der Waals surface area contributed by atoms with Crippen molar-refractivity contribution in [2.45, 2.75) is 53.0 Å². The van der Waals surface area contributed by atoms with Crippen molar-refractivity contribution in [3.8, 4) is 5.75 Å². The van der Waals surface area contributed by atoms with Gasteiger partial charge in [-0.1, -0.05) is 27.2 Å². The van der Waals surface area contributed by atoms with Crippen molar-refractivity contribution in [1.29, 1.82) is 0 Å². The van der Waals surface area contributed by atoms with Crippen molar-refractivity contribution in [2.75, 3.05) is 13.2 Å². The van der Waals surface area contributed by atoms with Crippen molar-refractivity contribution in [1.82, 2.24) is 10.3 Å². The molecule has 1 fully saturated rings. The first-order chi connectivity index (χ1) is 9.58. The summed E-state index contributed by atoms with van der Waals surface area (Å²) < 4.78 is 5.60. The van der Waals surface area contributed by atoms with E-state index >= 15 is 0 Å². The molecule has 0 saturated heterocycles. The molecule has 2 rings (SSSR count). The molecule has 0 aromatic carbocycles. The lowest BCUT2D eigenvalue weighted by Crippen LogP contribution is -2.34. The van der Waals surface area contributed by atoms with Crippen molar-refractivity contribution in [2.24, 2.45) is 11.3 Å². The van der Waals surface area contributed by atoms with Gasteiger partial charge in [0.2, 0.25) is 0 Å². The number of hydrogen-bond acceptors (Lipinski definition) is 3. The second kappa shape index (κ2) is 6.57. The Bertz CT molecular complexity index is 431. The highest BCUT2D eigenvalue weighted by Gasteiger charge is 2.39. The van der Waals surface area contributed by atoms with Crippen molar-refractivity contribution < 1.29 is 4.74 Å². The van der Waals surface area contributed by atoms with Gasteiger partial charge >= 0.3 is 0 Å². The van der Waals surface area contributed by atoms with Crippen LogP contribution in [0, 0.1) is 11.3 Å². The van der Waals surface area contributed by atoms with E-state index in [1.807, 2.05) is 13.1 Å². The van der Waals surface area contributed by atoms with Gasteiger partial charge in [-0.25, -0.2) is 0 Å². The van der Waals surface area contributed by atoms with Gasteiger partial charge in [-0.3, -0.25) is 4.98 Å². The molecule has 3 nitrogen and oxygen atoms in total. The predicted octanol–water partition coefficient (Wildman–Crippen LogP) is 3.96. The van der Waals surface area contributed by atoms with E-state index in [2.05, 4.69) is 37.1 Å². The molecule has 1 heterocycles.